The van der Waals surface area contributed by atoms with Crippen LogP contribution in [0.5, 0.6) is 0 Å². The molecule has 104 heavy (non-hydrogen) atoms. The summed E-state index contributed by atoms with van der Waals surface area (Å²) in [5.74, 6) is -2.64. The predicted molar refractivity (Wildman–Crippen MR) is 348 cm³/mol. The first-order valence-electron chi connectivity index (χ1n) is 29.4. The van der Waals surface area contributed by atoms with E-state index in [1.165, 1.54) is 27.7 Å². The summed E-state index contributed by atoms with van der Waals surface area (Å²) < 4.78 is 124. The number of imidazole rings is 2. The molecular weight excluding hydrogens is 1570 g/mol. The van der Waals surface area contributed by atoms with Gasteiger partial charge >= 0.3 is 46.9 Å². The Hall–Kier alpha value is -4.96. The number of aliphatic hydroxyl groups is 6. The van der Waals surface area contributed by atoms with Gasteiger partial charge in [-0.25, -0.2) is 57.3 Å². The van der Waals surface area contributed by atoms with Crippen molar-refractivity contribution in [1.29, 1.82) is 0 Å². The minimum Gasteiger partial charge on any atom is -0.388 e. The summed E-state index contributed by atoms with van der Waals surface area (Å²) in [5, 5.41) is 68.6. The third-order valence-electron chi connectivity index (χ3n) is 13.8. The van der Waals surface area contributed by atoms with Gasteiger partial charge in [0.25, 0.3) is 0 Å². The van der Waals surface area contributed by atoms with Gasteiger partial charge in [0.05, 0.1) is 39.1 Å². The number of rotatable bonds is 40. The molecule has 0 aromatic carbocycles. The molecule has 0 radical (unpaired) electrons. The van der Waals surface area contributed by atoms with Crippen molar-refractivity contribution < 1.29 is 171 Å². The van der Waals surface area contributed by atoms with Crippen molar-refractivity contribution >= 4 is 138 Å². The van der Waals surface area contributed by atoms with Crippen LogP contribution < -0.4 is 32.7 Å². The Labute approximate surface area is 594 Å². The lowest BCUT2D eigenvalue weighted by atomic mass is 9.87. The molecule has 0 spiro atoms. The number of thioether (sulfide) groups is 2. The summed E-state index contributed by atoms with van der Waals surface area (Å²) in [4.78, 5) is 172. The Morgan fingerprint density at radius 3 is 1.20 bits per heavy atom. The number of carbonyl (C=O) groups excluding carboxylic acids is 6. The molecule has 6 heterocycles. The molecule has 4 aromatic heterocycles. The van der Waals surface area contributed by atoms with Gasteiger partial charge in [0.15, 0.2) is 35.4 Å². The highest BCUT2D eigenvalue weighted by atomic mass is 32.2. The van der Waals surface area contributed by atoms with Crippen molar-refractivity contribution in [2.75, 3.05) is 88.8 Å². The molecule has 22 N–H and O–H groups in total. The number of aliphatic hydroxyl groups excluding tert-OH is 6. The smallest absolute Gasteiger partial charge is 0.388 e. The zero-order valence-electron chi connectivity index (χ0n) is 54.5. The van der Waals surface area contributed by atoms with E-state index in [1.807, 2.05) is 0 Å². The highest BCUT2D eigenvalue weighted by Gasteiger charge is 2.52. The SMILES string of the molecule is CC(C)(COP(=O)(O)OP(=O)(O)OC[C@H]1O[C@@H](n2cnc3c(N)ncnc32)[C@H](O)[C@@H]1OP(=O)(O)O)[C@@H](O)C(=O)NCCC(=O)NCCSC(=O)CO.CC(C)(COP(=O)(O)OP(=O)(O)OC[C@H]1O[C@@H](n2cnc3c(N)ncnc32)[C@H](O)[C@@H]1OP(=O)(O)O)[C@@H](O)C(=O)NCCC(=O)NCCSC(=O)CO. The molecule has 58 heteroatoms. The quantitative estimate of drug-likeness (QED) is 0.0147. The van der Waals surface area contributed by atoms with Crippen LogP contribution in [0.3, 0.4) is 0 Å². The summed E-state index contributed by atoms with van der Waals surface area (Å²) in [7, 11) is -32.8. The molecule has 0 aliphatic carbocycles. The Bertz CT molecular complexity index is 3700. The van der Waals surface area contributed by atoms with Gasteiger partial charge in [-0.3, -0.25) is 65.0 Å². The van der Waals surface area contributed by atoms with Crippen molar-refractivity contribution in [2.45, 2.75) is 102 Å². The maximum Gasteiger partial charge on any atom is 0.481 e. The van der Waals surface area contributed by atoms with Crippen LogP contribution in [0.4, 0.5) is 11.6 Å². The molecule has 0 saturated carbocycles. The third kappa shape index (κ3) is 27.9. The number of nitrogens with one attached hydrogen (secondary N) is 4. The van der Waals surface area contributed by atoms with Gasteiger partial charge in [-0.2, -0.15) is 8.62 Å². The van der Waals surface area contributed by atoms with Gasteiger partial charge in [-0.05, 0) is 0 Å². The van der Waals surface area contributed by atoms with Crippen molar-refractivity contribution in [3.63, 3.8) is 0 Å². The largest absolute Gasteiger partial charge is 0.481 e. The number of fused-ring (bicyclic) bond motifs is 2. The van der Waals surface area contributed by atoms with Crippen molar-refractivity contribution in [3.8, 4) is 0 Å². The number of hydrogen-bond acceptors (Lipinski definition) is 38. The molecule has 2 fully saturated rings. The third-order valence-corrected chi connectivity index (χ3v) is 21.7. The van der Waals surface area contributed by atoms with E-state index < -0.39 is 193 Å². The number of amides is 4. The van der Waals surface area contributed by atoms with Crippen molar-refractivity contribution in [1.82, 2.24) is 60.3 Å². The number of nitrogen functional groups attached to an aromatic ring is 2. The van der Waals surface area contributed by atoms with E-state index >= 15 is 0 Å². The number of phosphoric acid groups is 6. The highest BCUT2D eigenvalue weighted by molar-refractivity contribution is 8.14. The Balaban J connectivity index is 0.000000374. The standard InChI is InChI=1S/2C23H38N7O18P3S/c2*1-23(2,18(35)21(36)26-4-3-13(32)25-5-6-52-14(33)7-31)9-45-51(42,43)48-50(40,41)44-8-12-17(47-49(37,38)39)16(34)22(46-12)30-11-29-15-19(24)27-10-28-20(15)30/h2*10-12,16-18,22,31,34-35H,3-9H2,1-2H3,(H,25,32)(H,26,36)(H,40,41)(H,42,43)(H2,24,27,28)(H2,37,38,39)/t2*12-,16-,17-,18+,22-/m11/s1. The summed E-state index contributed by atoms with van der Waals surface area (Å²) in [6.45, 7) is -0.642. The second-order valence-corrected chi connectivity index (χ2v) is 33.7. The fourth-order valence-corrected chi connectivity index (χ4v) is 15.4. The molecule has 2 saturated heterocycles. The lowest BCUT2D eigenvalue weighted by Crippen LogP contribution is -2.46. The minimum absolute atomic E-state index is 0.0254. The van der Waals surface area contributed by atoms with Crippen LogP contribution in [-0.4, -0.2) is 269 Å². The lowest BCUT2D eigenvalue weighted by Gasteiger charge is -2.30. The predicted octanol–water partition coefficient (Wildman–Crippen LogP) is -4.69. The second kappa shape index (κ2) is 38.4. The van der Waals surface area contributed by atoms with E-state index in [1.54, 1.807) is 0 Å². The van der Waals surface area contributed by atoms with Gasteiger partial charge in [0, 0.05) is 61.4 Å². The van der Waals surface area contributed by atoms with Crippen LogP contribution in [0.15, 0.2) is 25.3 Å². The molecule has 2 aliphatic heterocycles. The van der Waals surface area contributed by atoms with Crippen LogP contribution in [0, 0.1) is 10.8 Å². The summed E-state index contributed by atoms with van der Waals surface area (Å²) in [5.41, 5.74) is 8.45. The number of carbonyl (C=O) groups is 6. The zero-order chi connectivity index (χ0) is 78.1. The second-order valence-electron chi connectivity index (χ2n) is 22.9. The first-order chi connectivity index (χ1) is 48.1. The van der Waals surface area contributed by atoms with E-state index in [0.717, 1.165) is 58.0 Å². The highest BCUT2D eigenvalue weighted by Crippen LogP contribution is 2.63. The molecule has 50 nitrogen and oxygen atoms in total. The average Bonchev–Trinajstić information content (AvgIpc) is 1.60. The molecule has 14 atom stereocenters. The lowest BCUT2D eigenvalue weighted by molar-refractivity contribution is -0.137. The molecule has 4 aromatic rings. The van der Waals surface area contributed by atoms with Gasteiger partial charge in [-0.1, -0.05) is 51.2 Å². The fraction of sp³-hybridized carbons (Fsp3) is 0.652. The van der Waals surface area contributed by atoms with E-state index in [-0.39, 0.29) is 84.5 Å². The normalized spacial score (nSPS) is 22.4. The summed E-state index contributed by atoms with van der Waals surface area (Å²) >= 11 is 1.64. The van der Waals surface area contributed by atoms with E-state index in [4.69, 9.17) is 49.2 Å². The number of nitrogens with two attached hydrogens (primary N) is 2. The maximum atomic E-state index is 12.6. The first kappa shape index (κ1) is 89.7. The Morgan fingerprint density at radius 1 is 0.538 bits per heavy atom. The number of aromatic nitrogens is 8. The van der Waals surface area contributed by atoms with Crippen LogP contribution in [0.25, 0.3) is 22.3 Å². The van der Waals surface area contributed by atoms with Gasteiger partial charge in [0.1, 0.15) is 85.7 Å². The molecule has 2 aliphatic rings. The minimum atomic E-state index is -5.57. The Morgan fingerprint density at radius 2 is 0.875 bits per heavy atom. The van der Waals surface area contributed by atoms with Gasteiger partial charge in [-0.15, -0.1) is 0 Å². The number of nitrogens with zero attached hydrogens (tertiary/aromatic N) is 8. The molecule has 0 bridgehead atoms. The molecule has 4 unspecified atom stereocenters. The van der Waals surface area contributed by atoms with Crippen LogP contribution in [0.2, 0.25) is 0 Å². The van der Waals surface area contributed by atoms with Crippen LogP contribution in [0.1, 0.15) is 53.0 Å². The molecule has 588 valence electrons. The number of phosphoric ester groups is 6. The number of ether oxygens (including phenoxy) is 2. The fourth-order valence-electron chi connectivity index (χ4n) is 8.68. The number of hydrogen-bond donors (Lipinski definition) is 20. The van der Waals surface area contributed by atoms with E-state index in [0.29, 0.717) is 0 Å². The van der Waals surface area contributed by atoms with Gasteiger partial charge in [0.2, 0.25) is 33.9 Å². The summed E-state index contributed by atoms with van der Waals surface area (Å²) in [6.07, 6.45) is -14.0. The molecule has 6 rings (SSSR count). The molecular formula is C46H76N14O36P6S2. The first-order valence-corrected chi connectivity index (χ1v) is 40.4. The van der Waals surface area contributed by atoms with E-state index in [9.17, 15) is 116 Å². The monoisotopic (exact) mass is 1650 g/mol. The topological polar surface area (TPSA) is 768 Å². The Kier molecular flexibility index (Phi) is 33.1. The zero-order valence-corrected chi connectivity index (χ0v) is 61.5. The average molecular weight is 1650 g/mol. The number of anilines is 2. The van der Waals surface area contributed by atoms with Crippen LogP contribution in [-0.2, 0) is 101 Å². The van der Waals surface area contributed by atoms with Crippen molar-refractivity contribution in [2.24, 2.45) is 10.8 Å². The maximum absolute atomic E-state index is 12.6. The molecule has 4 amide bonds. The van der Waals surface area contributed by atoms with Gasteiger partial charge < -0.3 is 112 Å². The summed E-state index contributed by atoms with van der Waals surface area (Å²) in [6, 6.07) is 0. The van der Waals surface area contributed by atoms with Crippen molar-refractivity contribution in [3.05, 3.63) is 25.3 Å². The van der Waals surface area contributed by atoms with Crippen LogP contribution >= 0.6 is 70.5 Å². The van der Waals surface area contributed by atoms with E-state index in [2.05, 4.69) is 68.8 Å².